The smallest absolute Gasteiger partial charge is 0.223 e. The average Bonchev–Trinajstić information content (AvgIpc) is 2.52. The number of aryl methyl sites for hydroxylation is 1. The van der Waals surface area contributed by atoms with E-state index in [9.17, 15) is 4.79 Å². The van der Waals surface area contributed by atoms with Gasteiger partial charge in [-0.25, -0.2) is 0 Å². The largest absolute Gasteiger partial charge is 0.492 e. The van der Waals surface area contributed by atoms with Crippen molar-refractivity contribution in [1.82, 2.24) is 5.32 Å². The summed E-state index contributed by atoms with van der Waals surface area (Å²) in [5, 5.41) is 2.99. The van der Waals surface area contributed by atoms with Crippen molar-refractivity contribution in [1.29, 1.82) is 0 Å². The van der Waals surface area contributed by atoms with Gasteiger partial charge in [0.25, 0.3) is 0 Å². The van der Waals surface area contributed by atoms with Crippen LogP contribution in [0.5, 0.6) is 5.75 Å². The zero-order valence-electron chi connectivity index (χ0n) is 12.4. The van der Waals surface area contributed by atoms with Crippen molar-refractivity contribution in [3.8, 4) is 5.75 Å². The van der Waals surface area contributed by atoms with E-state index in [2.05, 4.69) is 24.4 Å². The molecule has 0 unspecified atom stereocenters. The molecule has 3 heteroatoms. The van der Waals surface area contributed by atoms with E-state index in [1.54, 1.807) is 0 Å². The highest BCUT2D eigenvalue weighted by atomic mass is 16.5. The number of amides is 1. The molecule has 2 rings (SSSR count). The first-order valence-corrected chi connectivity index (χ1v) is 7.79. The first-order chi connectivity index (χ1) is 9.79. The number of ether oxygens (including phenoxy) is 1. The third-order valence-electron chi connectivity index (χ3n) is 3.95. The highest BCUT2D eigenvalue weighted by Crippen LogP contribution is 2.23. The fourth-order valence-electron chi connectivity index (χ4n) is 2.71. The Morgan fingerprint density at radius 3 is 2.85 bits per heavy atom. The van der Waals surface area contributed by atoms with Crippen LogP contribution in [0.4, 0.5) is 0 Å². The fourth-order valence-corrected chi connectivity index (χ4v) is 2.71. The van der Waals surface area contributed by atoms with Crippen molar-refractivity contribution in [3.05, 3.63) is 29.8 Å². The molecule has 0 bridgehead atoms. The standard InChI is InChI=1S/C17H25NO2/c1-2-14-7-6-10-16(13-14)20-12-11-18-17(19)15-8-4-3-5-9-15/h6-7,10,13,15H,2-5,8-9,11-12H2,1H3,(H,18,19). The Balaban J connectivity index is 1.66. The number of rotatable bonds is 6. The monoisotopic (exact) mass is 275 g/mol. The molecule has 110 valence electrons. The van der Waals surface area contributed by atoms with E-state index < -0.39 is 0 Å². The van der Waals surface area contributed by atoms with E-state index in [0.29, 0.717) is 13.2 Å². The van der Waals surface area contributed by atoms with E-state index in [0.717, 1.165) is 25.0 Å². The molecule has 1 aliphatic carbocycles. The summed E-state index contributed by atoms with van der Waals surface area (Å²) in [7, 11) is 0. The number of carbonyl (C=O) groups is 1. The second kappa shape index (κ2) is 7.93. The third kappa shape index (κ3) is 4.55. The maximum absolute atomic E-state index is 11.9. The Hall–Kier alpha value is -1.51. The van der Waals surface area contributed by atoms with E-state index in [1.807, 2.05) is 12.1 Å². The van der Waals surface area contributed by atoms with E-state index in [1.165, 1.54) is 24.8 Å². The SMILES string of the molecule is CCc1cccc(OCCNC(=O)C2CCCCC2)c1. The molecule has 0 radical (unpaired) electrons. The fraction of sp³-hybridized carbons (Fsp3) is 0.588. The number of hydrogen-bond donors (Lipinski definition) is 1. The van der Waals surface area contributed by atoms with Crippen LogP contribution in [0, 0.1) is 5.92 Å². The molecular weight excluding hydrogens is 250 g/mol. The summed E-state index contributed by atoms with van der Waals surface area (Å²) >= 11 is 0. The second-order valence-electron chi connectivity index (χ2n) is 5.48. The predicted octanol–water partition coefficient (Wildman–Crippen LogP) is 3.32. The Morgan fingerprint density at radius 2 is 2.10 bits per heavy atom. The van der Waals surface area contributed by atoms with Crippen LogP contribution < -0.4 is 10.1 Å². The van der Waals surface area contributed by atoms with Gasteiger partial charge in [0, 0.05) is 5.92 Å². The van der Waals surface area contributed by atoms with Gasteiger partial charge in [-0.2, -0.15) is 0 Å². The molecule has 0 atom stereocenters. The summed E-state index contributed by atoms with van der Waals surface area (Å²) in [4.78, 5) is 11.9. The third-order valence-corrected chi connectivity index (χ3v) is 3.95. The van der Waals surface area contributed by atoms with Gasteiger partial charge in [-0.1, -0.05) is 38.3 Å². The van der Waals surface area contributed by atoms with Gasteiger partial charge in [-0.3, -0.25) is 4.79 Å². The minimum atomic E-state index is 0.204. The average molecular weight is 275 g/mol. The van der Waals surface area contributed by atoms with Crippen LogP contribution in [0.25, 0.3) is 0 Å². The van der Waals surface area contributed by atoms with E-state index >= 15 is 0 Å². The molecule has 1 aromatic carbocycles. The first-order valence-electron chi connectivity index (χ1n) is 7.79. The lowest BCUT2D eigenvalue weighted by atomic mass is 9.89. The molecule has 0 saturated heterocycles. The van der Waals surface area contributed by atoms with Crippen LogP contribution >= 0.6 is 0 Å². The van der Waals surface area contributed by atoms with Gasteiger partial charge in [0.05, 0.1) is 6.54 Å². The highest BCUT2D eigenvalue weighted by Gasteiger charge is 2.20. The van der Waals surface area contributed by atoms with Crippen LogP contribution in [0.1, 0.15) is 44.6 Å². The maximum atomic E-state index is 11.9. The molecule has 0 spiro atoms. The van der Waals surface area contributed by atoms with Crippen LogP contribution in [0.15, 0.2) is 24.3 Å². The first kappa shape index (κ1) is 14.9. The van der Waals surface area contributed by atoms with Crippen molar-refractivity contribution in [2.45, 2.75) is 45.4 Å². The van der Waals surface area contributed by atoms with Crippen molar-refractivity contribution >= 4 is 5.91 Å². The van der Waals surface area contributed by atoms with Gasteiger partial charge in [0.2, 0.25) is 5.91 Å². The summed E-state index contributed by atoms with van der Waals surface area (Å²) in [5.74, 6) is 1.32. The molecule has 1 fully saturated rings. The van der Waals surface area contributed by atoms with E-state index in [-0.39, 0.29) is 11.8 Å². The minimum absolute atomic E-state index is 0.204. The minimum Gasteiger partial charge on any atom is -0.492 e. The molecule has 1 amide bonds. The van der Waals surface area contributed by atoms with Gasteiger partial charge in [-0.15, -0.1) is 0 Å². The Kier molecular flexibility index (Phi) is 5.90. The molecule has 1 aliphatic rings. The van der Waals surface area contributed by atoms with Crippen molar-refractivity contribution in [2.24, 2.45) is 5.92 Å². The van der Waals surface area contributed by atoms with Gasteiger partial charge in [-0.05, 0) is 37.0 Å². The topological polar surface area (TPSA) is 38.3 Å². The zero-order chi connectivity index (χ0) is 14.2. The van der Waals surface area contributed by atoms with Crippen LogP contribution in [-0.4, -0.2) is 19.1 Å². The summed E-state index contributed by atoms with van der Waals surface area (Å²) in [6, 6.07) is 8.12. The highest BCUT2D eigenvalue weighted by molar-refractivity contribution is 5.78. The zero-order valence-corrected chi connectivity index (χ0v) is 12.4. The number of carbonyl (C=O) groups excluding carboxylic acids is 1. The van der Waals surface area contributed by atoms with Gasteiger partial charge >= 0.3 is 0 Å². The Labute approximate surface area is 121 Å². The van der Waals surface area contributed by atoms with E-state index in [4.69, 9.17) is 4.74 Å². The molecule has 1 saturated carbocycles. The molecule has 3 nitrogen and oxygen atoms in total. The van der Waals surface area contributed by atoms with Crippen LogP contribution in [0.3, 0.4) is 0 Å². The maximum Gasteiger partial charge on any atom is 0.223 e. The van der Waals surface area contributed by atoms with Gasteiger partial charge in [0.1, 0.15) is 12.4 Å². The normalized spacial score (nSPS) is 15.8. The summed E-state index contributed by atoms with van der Waals surface area (Å²) < 4.78 is 5.67. The van der Waals surface area contributed by atoms with Gasteiger partial charge < -0.3 is 10.1 Å². The molecule has 1 N–H and O–H groups in total. The molecule has 20 heavy (non-hydrogen) atoms. The lowest BCUT2D eigenvalue weighted by Gasteiger charge is -2.20. The second-order valence-corrected chi connectivity index (χ2v) is 5.48. The predicted molar refractivity (Wildman–Crippen MR) is 80.9 cm³/mol. The van der Waals surface area contributed by atoms with Crippen molar-refractivity contribution in [3.63, 3.8) is 0 Å². The van der Waals surface area contributed by atoms with Crippen LogP contribution in [-0.2, 0) is 11.2 Å². The Morgan fingerprint density at radius 1 is 1.30 bits per heavy atom. The molecule has 1 aromatic rings. The lowest BCUT2D eigenvalue weighted by molar-refractivity contribution is -0.126. The molecular formula is C17H25NO2. The number of hydrogen-bond acceptors (Lipinski definition) is 2. The number of benzene rings is 1. The summed E-state index contributed by atoms with van der Waals surface area (Å²) in [5.41, 5.74) is 1.27. The molecule has 0 aliphatic heterocycles. The lowest BCUT2D eigenvalue weighted by Crippen LogP contribution is -2.34. The number of nitrogens with one attached hydrogen (secondary N) is 1. The van der Waals surface area contributed by atoms with Crippen molar-refractivity contribution < 1.29 is 9.53 Å². The summed E-state index contributed by atoms with van der Waals surface area (Å²) in [6.45, 7) is 3.25. The van der Waals surface area contributed by atoms with Crippen LogP contribution in [0.2, 0.25) is 0 Å². The molecule has 0 heterocycles. The Bertz CT molecular complexity index is 425. The van der Waals surface area contributed by atoms with Crippen molar-refractivity contribution in [2.75, 3.05) is 13.2 Å². The van der Waals surface area contributed by atoms with Gasteiger partial charge in [0.15, 0.2) is 0 Å². The quantitative estimate of drug-likeness (QED) is 0.809. The molecule has 0 aromatic heterocycles. The summed E-state index contributed by atoms with van der Waals surface area (Å²) in [6.07, 6.45) is 6.77.